The van der Waals surface area contributed by atoms with E-state index in [0.29, 0.717) is 0 Å². The maximum atomic E-state index is 4.14. The molecule has 1 aromatic carbocycles. The van der Waals surface area contributed by atoms with Crippen molar-refractivity contribution in [3.05, 3.63) is 35.4 Å². The SMILES string of the molecule is CC.CN=C(C)c1ccccc1C. The van der Waals surface area contributed by atoms with Crippen LogP contribution in [0.15, 0.2) is 29.3 Å². The Kier molecular flexibility index (Phi) is 5.86. The molecule has 0 unspecified atom stereocenters. The Bertz CT molecular complexity index is 274. The molecule has 1 nitrogen and oxygen atoms in total. The van der Waals surface area contributed by atoms with Gasteiger partial charge in [0.1, 0.15) is 0 Å². The number of aryl methyl sites for hydroxylation is 1. The molecular weight excluding hydrogens is 158 g/mol. The standard InChI is InChI=1S/C10H13N.C2H6/c1-8-6-4-5-7-10(8)9(2)11-3;1-2/h4-7H,1-3H3;1-2H3. The maximum absolute atomic E-state index is 4.14. The first-order chi connectivity index (χ1) is 6.25. The lowest BCUT2D eigenvalue weighted by atomic mass is 10.1. The fourth-order valence-corrected chi connectivity index (χ4v) is 1.10. The van der Waals surface area contributed by atoms with Gasteiger partial charge in [0.2, 0.25) is 0 Å². The summed E-state index contributed by atoms with van der Waals surface area (Å²) >= 11 is 0. The predicted molar refractivity (Wildman–Crippen MR) is 60.7 cm³/mol. The monoisotopic (exact) mass is 177 g/mol. The van der Waals surface area contributed by atoms with Crippen molar-refractivity contribution in [2.45, 2.75) is 27.7 Å². The summed E-state index contributed by atoms with van der Waals surface area (Å²) in [4.78, 5) is 4.14. The van der Waals surface area contributed by atoms with E-state index in [2.05, 4.69) is 24.0 Å². The molecule has 72 valence electrons. The van der Waals surface area contributed by atoms with Crippen LogP contribution in [0.5, 0.6) is 0 Å². The van der Waals surface area contributed by atoms with Crippen molar-refractivity contribution in [1.82, 2.24) is 0 Å². The molecule has 0 aliphatic heterocycles. The lowest BCUT2D eigenvalue weighted by molar-refractivity contribution is 1.37. The molecule has 0 aliphatic carbocycles. The van der Waals surface area contributed by atoms with E-state index in [1.54, 1.807) is 0 Å². The maximum Gasteiger partial charge on any atom is 0.0388 e. The lowest BCUT2D eigenvalue weighted by Gasteiger charge is -2.02. The van der Waals surface area contributed by atoms with Gasteiger partial charge in [0.15, 0.2) is 0 Å². The molecule has 0 saturated heterocycles. The summed E-state index contributed by atoms with van der Waals surface area (Å²) < 4.78 is 0. The fourth-order valence-electron chi connectivity index (χ4n) is 1.10. The lowest BCUT2D eigenvalue weighted by Crippen LogP contribution is -1.96. The summed E-state index contributed by atoms with van der Waals surface area (Å²) in [6.07, 6.45) is 0. The normalized spacial score (nSPS) is 10.4. The number of aliphatic imine (C=N–C) groups is 1. The van der Waals surface area contributed by atoms with E-state index in [1.165, 1.54) is 11.1 Å². The average Bonchev–Trinajstić information content (AvgIpc) is 2.20. The van der Waals surface area contributed by atoms with Crippen molar-refractivity contribution in [3.63, 3.8) is 0 Å². The molecule has 0 fully saturated rings. The fraction of sp³-hybridized carbons (Fsp3) is 0.417. The molecule has 0 N–H and O–H groups in total. The Morgan fingerprint density at radius 3 is 2.15 bits per heavy atom. The summed E-state index contributed by atoms with van der Waals surface area (Å²) in [6.45, 7) is 8.13. The Balaban J connectivity index is 0.000000671. The third-order valence-electron chi connectivity index (χ3n) is 1.87. The zero-order valence-corrected chi connectivity index (χ0v) is 9.26. The van der Waals surface area contributed by atoms with E-state index in [9.17, 15) is 0 Å². The Labute approximate surface area is 81.5 Å². The molecule has 0 aliphatic rings. The van der Waals surface area contributed by atoms with Gasteiger partial charge < -0.3 is 0 Å². The van der Waals surface area contributed by atoms with Gasteiger partial charge in [-0.05, 0) is 25.0 Å². The molecule has 0 saturated carbocycles. The van der Waals surface area contributed by atoms with Crippen LogP contribution in [0.1, 0.15) is 31.9 Å². The highest BCUT2D eigenvalue weighted by Gasteiger charge is 1.97. The number of nitrogens with zero attached hydrogens (tertiary/aromatic N) is 1. The van der Waals surface area contributed by atoms with Crippen LogP contribution in [0.25, 0.3) is 0 Å². The Morgan fingerprint density at radius 1 is 1.15 bits per heavy atom. The van der Waals surface area contributed by atoms with Gasteiger partial charge in [-0.3, -0.25) is 4.99 Å². The number of hydrogen-bond donors (Lipinski definition) is 0. The first-order valence-corrected chi connectivity index (χ1v) is 4.75. The van der Waals surface area contributed by atoms with Crippen molar-refractivity contribution in [2.75, 3.05) is 7.05 Å². The summed E-state index contributed by atoms with van der Waals surface area (Å²) in [5.41, 5.74) is 3.63. The molecule has 0 radical (unpaired) electrons. The molecule has 0 aromatic heterocycles. The molecule has 1 heteroatoms. The van der Waals surface area contributed by atoms with E-state index in [-0.39, 0.29) is 0 Å². The van der Waals surface area contributed by atoms with Crippen LogP contribution in [0, 0.1) is 6.92 Å². The summed E-state index contributed by atoms with van der Waals surface area (Å²) in [5, 5.41) is 0. The van der Waals surface area contributed by atoms with Gasteiger partial charge in [0.05, 0.1) is 0 Å². The zero-order valence-electron chi connectivity index (χ0n) is 9.26. The minimum absolute atomic E-state index is 1.10. The summed E-state index contributed by atoms with van der Waals surface area (Å²) in [7, 11) is 1.82. The quantitative estimate of drug-likeness (QED) is 0.582. The third kappa shape index (κ3) is 3.41. The number of benzene rings is 1. The van der Waals surface area contributed by atoms with Crippen LogP contribution >= 0.6 is 0 Å². The number of hydrogen-bond acceptors (Lipinski definition) is 1. The summed E-state index contributed by atoms with van der Waals surface area (Å²) in [6, 6.07) is 8.28. The van der Waals surface area contributed by atoms with Gasteiger partial charge in [0, 0.05) is 12.8 Å². The topological polar surface area (TPSA) is 12.4 Å². The van der Waals surface area contributed by atoms with Crippen molar-refractivity contribution < 1.29 is 0 Å². The van der Waals surface area contributed by atoms with Gasteiger partial charge in [-0.2, -0.15) is 0 Å². The van der Waals surface area contributed by atoms with E-state index in [1.807, 2.05) is 40.0 Å². The van der Waals surface area contributed by atoms with E-state index < -0.39 is 0 Å². The molecule has 0 atom stereocenters. The average molecular weight is 177 g/mol. The van der Waals surface area contributed by atoms with Crippen LogP contribution in [0.2, 0.25) is 0 Å². The zero-order chi connectivity index (χ0) is 10.3. The van der Waals surface area contributed by atoms with Gasteiger partial charge in [0.25, 0.3) is 0 Å². The van der Waals surface area contributed by atoms with Crippen molar-refractivity contribution >= 4 is 5.71 Å². The van der Waals surface area contributed by atoms with Crippen LogP contribution < -0.4 is 0 Å². The molecule has 0 spiro atoms. The van der Waals surface area contributed by atoms with E-state index in [0.717, 1.165) is 5.71 Å². The van der Waals surface area contributed by atoms with E-state index in [4.69, 9.17) is 0 Å². The minimum atomic E-state index is 1.10. The van der Waals surface area contributed by atoms with Crippen LogP contribution in [0.4, 0.5) is 0 Å². The predicted octanol–water partition coefficient (Wildman–Crippen LogP) is 3.46. The molecule has 0 heterocycles. The molecule has 0 bridgehead atoms. The third-order valence-corrected chi connectivity index (χ3v) is 1.87. The van der Waals surface area contributed by atoms with Crippen molar-refractivity contribution in [2.24, 2.45) is 4.99 Å². The van der Waals surface area contributed by atoms with E-state index >= 15 is 0 Å². The molecule has 1 rings (SSSR count). The second-order valence-corrected chi connectivity index (χ2v) is 2.62. The highest BCUT2D eigenvalue weighted by Crippen LogP contribution is 2.07. The molecule has 1 aromatic rings. The minimum Gasteiger partial charge on any atom is -0.293 e. The van der Waals surface area contributed by atoms with Gasteiger partial charge in [-0.1, -0.05) is 38.1 Å². The molecule has 13 heavy (non-hydrogen) atoms. The number of rotatable bonds is 1. The van der Waals surface area contributed by atoms with Crippen LogP contribution in [0.3, 0.4) is 0 Å². The first kappa shape index (κ1) is 11.9. The van der Waals surface area contributed by atoms with Crippen LogP contribution in [-0.4, -0.2) is 12.8 Å². The molecular formula is C12H19N. The first-order valence-electron chi connectivity index (χ1n) is 4.75. The van der Waals surface area contributed by atoms with Crippen LogP contribution in [-0.2, 0) is 0 Å². The van der Waals surface area contributed by atoms with Gasteiger partial charge in [-0.25, -0.2) is 0 Å². The van der Waals surface area contributed by atoms with Crippen molar-refractivity contribution in [3.8, 4) is 0 Å². The Hall–Kier alpha value is -1.11. The van der Waals surface area contributed by atoms with Gasteiger partial charge >= 0.3 is 0 Å². The highest BCUT2D eigenvalue weighted by atomic mass is 14.7. The second-order valence-electron chi connectivity index (χ2n) is 2.62. The van der Waals surface area contributed by atoms with Crippen molar-refractivity contribution in [1.29, 1.82) is 0 Å². The summed E-state index contributed by atoms with van der Waals surface area (Å²) in [5.74, 6) is 0. The molecule has 0 amide bonds. The second kappa shape index (κ2) is 6.41. The smallest absolute Gasteiger partial charge is 0.0388 e. The highest BCUT2D eigenvalue weighted by molar-refractivity contribution is 5.99. The van der Waals surface area contributed by atoms with Gasteiger partial charge in [-0.15, -0.1) is 0 Å². The Morgan fingerprint density at radius 2 is 1.69 bits per heavy atom. The largest absolute Gasteiger partial charge is 0.293 e.